The molecule has 1 heterocycles. The van der Waals surface area contributed by atoms with E-state index in [0.29, 0.717) is 12.1 Å². The summed E-state index contributed by atoms with van der Waals surface area (Å²) in [5, 5.41) is 21.6. The van der Waals surface area contributed by atoms with Crippen LogP contribution in [0.4, 0.5) is 5.69 Å². The van der Waals surface area contributed by atoms with E-state index in [2.05, 4.69) is 12.2 Å². The van der Waals surface area contributed by atoms with Crippen molar-refractivity contribution in [2.75, 3.05) is 31.6 Å². The van der Waals surface area contributed by atoms with Crippen molar-refractivity contribution in [2.24, 2.45) is 5.92 Å². The monoisotopic (exact) mass is 320 g/mol. The Morgan fingerprint density at radius 1 is 1.43 bits per heavy atom. The predicted octanol–water partition coefficient (Wildman–Crippen LogP) is 2.10. The van der Waals surface area contributed by atoms with E-state index < -0.39 is 0 Å². The normalized spacial score (nSPS) is 19.4. The fourth-order valence-corrected chi connectivity index (χ4v) is 3.08. The Labute approximate surface area is 138 Å². The molecule has 1 aromatic rings. The number of hydrogen-bond donors (Lipinski definition) is 3. The van der Waals surface area contributed by atoms with E-state index in [1.807, 2.05) is 29.2 Å². The van der Waals surface area contributed by atoms with Gasteiger partial charge in [0.15, 0.2) is 0 Å². The lowest BCUT2D eigenvalue weighted by molar-refractivity contribution is 0.0621. The SMILES string of the molecule is CC(CCCO)Nc1cccc(C(=O)N2CCCC(CO)C2)c1. The van der Waals surface area contributed by atoms with Gasteiger partial charge in [-0.2, -0.15) is 0 Å². The summed E-state index contributed by atoms with van der Waals surface area (Å²) in [7, 11) is 0. The van der Waals surface area contributed by atoms with Crippen molar-refractivity contribution in [2.45, 2.75) is 38.6 Å². The molecule has 5 heteroatoms. The molecule has 0 aliphatic carbocycles. The highest BCUT2D eigenvalue weighted by molar-refractivity contribution is 5.95. The number of aliphatic hydroxyl groups is 2. The van der Waals surface area contributed by atoms with Gasteiger partial charge in [-0.1, -0.05) is 6.07 Å². The molecule has 0 saturated carbocycles. The minimum Gasteiger partial charge on any atom is -0.396 e. The molecule has 2 rings (SSSR count). The molecule has 1 aliphatic heterocycles. The van der Waals surface area contributed by atoms with Gasteiger partial charge in [-0.05, 0) is 56.7 Å². The Balaban J connectivity index is 1.99. The fraction of sp³-hybridized carbons (Fsp3) is 0.611. The molecule has 1 saturated heterocycles. The van der Waals surface area contributed by atoms with Gasteiger partial charge in [0, 0.05) is 43.6 Å². The molecule has 1 fully saturated rings. The Hall–Kier alpha value is -1.59. The van der Waals surface area contributed by atoms with E-state index in [4.69, 9.17) is 5.11 Å². The smallest absolute Gasteiger partial charge is 0.253 e. The number of carbonyl (C=O) groups is 1. The van der Waals surface area contributed by atoms with Crippen LogP contribution in [0.2, 0.25) is 0 Å². The molecule has 0 bridgehead atoms. The summed E-state index contributed by atoms with van der Waals surface area (Å²) < 4.78 is 0. The summed E-state index contributed by atoms with van der Waals surface area (Å²) in [6.45, 7) is 3.82. The molecule has 0 spiro atoms. The largest absolute Gasteiger partial charge is 0.396 e. The van der Waals surface area contributed by atoms with Crippen LogP contribution in [0.25, 0.3) is 0 Å². The number of likely N-dealkylation sites (tertiary alicyclic amines) is 1. The van der Waals surface area contributed by atoms with Gasteiger partial charge in [0.25, 0.3) is 5.91 Å². The minimum absolute atomic E-state index is 0.0369. The van der Waals surface area contributed by atoms with Crippen LogP contribution in [-0.4, -0.2) is 53.4 Å². The number of amides is 1. The Morgan fingerprint density at radius 3 is 3.00 bits per heavy atom. The standard InChI is InChI=1S/C18H28N2O3/c1-14(5-4-10-21)19-17-8-2-7-16(11-17)18(23)20-9-3-6-15(12-20)13-22/h2,7-8,11,14-15,19,21-22H,3-6,9-10,12-13H2,1H3. The van der Waals surface area contributed by atoms with Crippen molar-refractivity contribution in [1.82, 2.24) is 4.90 Å². The molecule has 128 valence electrons. The first-order chi connectivity index (χ1) is 11.1. The first-order valence-corrected chi connectivity index (χ1v) is 8.51. The molecule has 1 aliphatic rings. The van der Waals surface area contributed by atoms with E-state index >= 15 is 0 Å². The predicted molar refractivity (Wildman–Crippen MR) is 91.6 cm³/mol. The second-order valence-electron chi connectivity index (χ2n) is 6.43. The lowest BCUT2D eigenvalue weighted by atomic mass is 9.98. The van der Waals surface area contributed by atoms with Crippen molar-refractivity contribution in [1.29, 1.82) is 0 Å². The van der Waals surface area contributed by atoms with E-state index in [9.17, 15) is 9.90 Å². The number of hydrogen-bond acceptors (Lipinski definition) is 4. The second kappa shape index (κ2) is 8.89. The van der Waals surface area contributed by atoms with Gasteiger partial charge in [0.2, 0.25) is 0 Å². The molecule has 5 nitrogen and oxygen atoms in total. The molecular formula is C18H28N2O3. The molecule has 3 N–H and O–H groups in total. The highest BCUT2D eigenvalue weighted by Gasteiger charge is 2.24. The average molecular weight is 320 g/mol. The van der Waals surface area contributed by atoms with Gasteiger partial charge in [0.1, 0.15) is 0 Å². The van der Waals surface area contributed by atoms with Crippen LogP contribution in [0.1, 0.15) is 43.0 Å². The Kier molecular flexibility index (Phi) is 6.86. The zero-order valence-electron chi connectivity index (χ0n) is 13.9. The molecule has 1 aromatic carbocycles. The van der Waals surface area contributed by atoms with Crippen LogP contribution in [0.5, 0.6) is 0 Å². The number of aliphatic hydroxyl groups excluding tert-OH is 2. The van der Waals surface area contributed by atoms with Crippen LogP contribution in [0.15, 0.2) is 24.3 Å². The maximum absolute atomic E-state index is 12.7. The van der Waals surface area contributed by atoms with Crippen molar-refractivity contribution in [3.05, 3.63) is 29.8 Å². The third kappa shape index (κ3) is 5.22. The summed E-state index contributed by atoms with van der Waals surface area (Å²) in [5.74, 6) is 0.238. The Morgan fingerprint density at radius 2 is 2.26 bits per heavy atom. The second-order valence-corrected chi connectivity index (χ2v) is 6.43. The number of benzene rings is 1. The van der Waals surface area contributed by atoms with E-state index in [0.717, 1.165) is 37.9 Å². The number of rotatable bonds is 7. The zero-order valence-corrected chi connectivity index (χ0v) is 13.9. The summed E-state index contributed by atoms with van der Waals surface area (Å²) in [5.41, 5.74) is 1.61. The maximum atomic E-state index is 12.7. The Bertz CT molecular complexity index is 507. The fourth-order valence-electron chi connectivity index (χ4n) is 3.08. The number of nitrogens with one attached hydrogen (secondary N) is 1. The van der Waals surface area contributed by atoms with Gasteiger partial charge in [-0.25, -0.2) is 0 Å². The summed E-state index contributed by atoms with van der Waals surface area (Å²) in [6, 6.07) is 7.83. The van der Waals surface area contributed by atoms with Gasteiger partial charge < -0.3 is 20.4 Å². The van der Waals surface area contributed by atoms with Gasteiger partial charge in [-0.15, -0.1) is 0 Å². The van der Waals surface area contributed by atoms with Crippen LogP contribution in [-0.2, 0) is 0 Å². The van der Waals surface area contributed by atoms with E-state index in [1.54, 1.807) is 0 Å². The first kappa shape index (κ1) is 17.8. The average Bonchev–Trinajstić information content (AvgIpc) is 2.59. The van der Waals surface area contributed by atoms with Crippen LogP contribution < -0.4 is 5.32 Å². The number of anilines is 1. The summed E-state index contributed by atoms with van der Waals surface area (Å²) in [6.07, 6.45) is 3.60. The molecule has 2 unspecified atom stereocenters. The third-order valence-corrected chi connectivity index (χ3v) is 4.38. The van der Waals surface area contributed by atoms with Crippen LogP contribution >= 0.6 is 0 Å². The van der Waals surface area contributed by atoms with Crippen LogP contribution in [0.3, 0.4) is 0 Å². The molecule has 23 heavy (non-hydrogen) atoms. The van der Waals surface area contributed by atoms with Gasteiger partial charge >= 0.3 is 0 Å². The van der Waals surface area contributed by atoms with Crippen LogP contribution in [0, 0.1) is 5.92 Å². The highest BCUT2D eigenvalue weighted by atomic mass is 16.3. The topological polar surface area (TPSA) is 72.8 Å². The molecule has 1 amide bonds. The van der Waals surface area contributed by atoms with Gasteiger partial charge in [0.05, 0.1) is 0 Å². The highest BCUT2D eigenvalue weighted by Crippen LogP contribution is 2.20. The quantitative estimate of drug-likeness (QED) is 0.719. The molecule has 2 atom stereocenters. The molecule has 0 aromatic heterocycles. The van der Waals surface area contributed by atoms with Crippen molar-refractivity contribution >= 4 is 11.6 Å². The number of piperidine rings is 1. The van der Waals surface area contributed by atoms with Crippen molar-refractivity contribution < 1.29 is 15.0 Å². The minimum atomic E-state index is 0.0369. The first-order valence-electron chi connectivity index (χ1n) is 8.51. The summed E-state index contributed by atoms with van der Waals surface area (Å²) >= 11 is 0. The molecular weight excluding hydrogens is 292 g/mol. The maximum Gasteiger partial charge on any atom is 0.253 e. The van der Waals surface area contributed by atoms with Gasteiger partial charge in [-0.3, -0.25) is 4.79 Å². The van der Waals surface area contributed by atoms with Crippen molar-refractivity contribution in [3.63, 3.8) is 0 Å². The van der Waals surface area contributed by atoms with E-state index in [-0.39, 0.29) is 31.1 Å². The number of carbonyl (C=O) groups excluding carboxylic acids is 1. The van der Waals surface area contributed by atoms with E-state index in [1.165, 1.54) is 0 Å². The third-order valence-electron chi connectivity index (χ3n) is 4.38. The lowest BCUT2D eigenvalue weighted by Crippen LogP contribution is -2.40. The lowest BCUT2D eigenvalue weighted by Gasteiger charge is -2.32. The summed E-state index contributed by atoms with van der Waals surface area (Å²) in [4.78, 5) is 14.5. The zero-order chi connectivity index (χ0) is 16.7. The number of nitrogens with zero attached hydrogens (tertiary/aromatic N) is 1. The molecule has 0 radical (unpaired) electrons. The van der Waals surface area contributed by atoms with Crippen molar-refractivity contribution in [3.8, 4) is 0 Å².